The molecule has 2 N–H and O–H groups in total. The van der Waals surface area contributed by atoms with Gasteiger partial charge >= 0.3 is 0 Å². The minimum Gasteiger partial charge on any atom is -0.466 e. The van der Waals surface area contributed by atoms with Gasteiger partial charge in [-0.1, -0.05) is 16.8 Å². The molecule has 1 saturated heterocycles. The lowest BCUT2D eigenvalue weighted by molar-refractivity contribution is -0.0776. The molecule has 0 bridgehead atoms. The van der Waals surface area contributed by atoms with Crippen LogP contribution in [-0.4, -0.2) is 50.9 Å². The average molecular weight is 398 g/mol. The monoisotopic (exact) mass is 397 g/mol. The lowest BCUT2D eigenvalue weighted by atomic mass is 9.94. The van der Waals surface area contributed by atoms with Crippen molar-refractivity contribution in [2.45, 2.75) is 18.6 Å². The van der Waals surface area contributed by atoms with Crippen LogP contribution in [0.3, 0.4) is 0 Å². The van der Waals surface area contributed by atoms with Crippen molar-refractivity contribution in [3.05, 3.63) is 52.5 Å². The van der Waals surface area contributed by atoms with Gasteiger partial charge < -0.3 is 10.1 Å². The lowest BCUT2D eigenvalue weighted by Crippen LogP contribution is -2.64. The van der Waals surface area contributed by atoms with E-state index in [4.69, 9.17) is 16.3 Å². The Morgan fingerprint density at radius 2 is 2.00 bits per heavy atom. The zero-order chi connectivity index (χ0) is 19.3. The number of hydrogen-bond donors (Lipinski definition) is 2. The third kappa shape index (κ3) is 2.56. The number of aromatic amines is 1. The summed E-state index contributed by atoms with van der Waals surface area (Å²) in [6.45, 7) is 1.28. The van der Waals surface area contributed by atoms with Gasteiger partial charge in [-0.3, -0.25) is 14.7 Å². The Morgan fingerprint density at radius 3 is 2.82 bits per heavy atom. The first-order chi connectivity index (χ1) is 13.6. The van der Waals surface area contributed by atoms with Crippen molar-refractivity contribution in [2.24, 2.45) is 0 Å². The largest absolute Gasteiger partial charge is 0.466 e. The van der Waals surface area contributed by atoms with Crippen molar-refractivity contribution < 1.29 is 14.3 Å². The number of rotatable bonds is 1. The Kier molecular flexibility index (Phi) is 3.85. The summed E-state index contributed by atoms with van der Waals surface area (Å²) >= 11 is 6.08. The zero-order valence-electron chi connectivity index (χ0n) is 14.7. The Balaban J connectivity index is 1.63. The van der Waals surface area contributed by atoms with Gasteiger partial charge in [0.1, 0.15) is 11.3 Å². The number of imide groups is 1. The van der Waals surface area contributed by atoms with E-state index in [9.17, 15) is 9.59 Å². The molecular formula is C19H16ClN5O3. The van der Waals surface area contributed by atoms with Gasteiger partial charge in [-0.15, -0.1) is 5.10 Å². The predicted molar refractivity (Wildman–Crippen MR) is 101 cm³/mol. The normalized spacial score (nSPS) is 18.2. The number of nitrogens with zero attached hydrogens (tertiary/aromatic N) is 3. The van der Waals surface area contributed by atoms with Crippen LogP contribution < -0.4 is 10.1 Å². The van der Waals surface area contributed by atoms with E-state index in [0.29, 0.717) is 53.3 Å². The van der Waals surface area contributed by atoms with Crippen LogP contribution in [0.2, 0.25) is 5.02 Å². The summed E-state index contributed by atoms with van der Waals surface area (Å²) in [5, 5.41) is 14.1. The fourth-order valence-corrected chi connectivity index (χ4v) is 4.01. The van der Waals surface area contributed by atoms with Gasteiger partial charge in [-0.2, -0.15) is 0 Å². The molecule has 5 rings (SSSR count). The minimum absolute atomic E-state index is 0.286. The van der Waals surface area contributed by atoms with Gasteiger partial charge in [0.05, 0.1) is 11.1 Å². The number of hydrogen-bond acceptors (Lipinski definition) is 6. The molecule has 0 radical (unpaired) electrons. The van der Waals surface area contributed by atoms with E-state index < -0.39 is 17.5 Å². The van der Waals surface area contributed by atoms with Crippen molar-refractivity contribution in [3.8, 4) is 5.75 Å². The number of aromatic nitrogens is 3. The molecule has 0 saturated carbocycles. The van der Waals surface area contributed by atoms with Crippen LogP contribution in [0.5, 0.6) is 5.75 Å². The molecule has 1 spiro atoms. The molecule has 2 aromatic carbocycles. The quantitative estimate of drug-likeness (QED) is 0.611. The summed E-state index contributed by atoms with van der Waals surface area (Å²) in [6.07, 6.45) is 1.00. The summed E-state index contributed by atoms with van der Waals surface area (Å²) in [7, 11) is 0. The maximum absolute atomic E-state index is 13.5. The van der Waals surface area contributed by atoms with Crippen molar-refractivity contribution >= 4 is 34.4 Å². The molecule has 0 unspecified atom stereocenters. The smallest absolute Gasteiger partial charge is 0.267 e. The third-order valence-electron chi connectivity index (χ3n) is 5.24. The molecule has 9 heteroatoms. The van der Waals surface area contributed by atoms with E-state index in [-0.39, 0.29) is 5.56 Å². The first kappa shape index (κ1) is 17.2. The summed E-state index contributed by atoms with van der Waals surface area (Å²) in [5.41, 5.74) is 0.889. The van der Waals surface area contributed by atoms with Gasteiger partial charge in [0, 0.05) is 36.5 Å². The maximum atomic E-state index is 13.5. The highest BCUT2D eigenvalue weighted by molar-refractivity contribution is 6.31. The highest BCUT2D eigenvalue weighted by atomic mass is 35.5. The molecule has 1 aromatic heterocycles. The van der Waals surface area contributed by atoms with Crippen molar-refractivity contribution in [2.75, 3.05) is 13.1 Å². The molecule has 2 aliphatic heterocycles. The molecule has 0 aliphatic carbocycles. The summed E-state index contributed by atoms with van der Waals surface area (Å²) < 4.78 is 6.27. The Hall–Kier alpha value is -2.97. The predicted octanol–water partition coefficient (Wildman–Crippen LogP) is 2.37. The topological polar surface area (TPSA) is 100 Å². The number of nitrogens with one attached hydrogen (secondary N) is 2. The van der Waals surface area contributed by atoms with E-state index in [1.807, 2.05) is 0 Å². The number of ether oxygens (including phenoxy) is 1. The van der Waals surface area contributed by atoms with E-state index in [1.54, 1.807) is 30.3 Å². The molecule has 2 aliphatic rings. The standard InChI is InChI=1S/C19H16ClN5O3/c20-12-2-4-16-13(10-12)18(27)25(19(28-16)5-7-21-8-6-19)17(26)11-1-3-14-15(9-11)23-24-22-14/h1-4,9-10,21H,5-8H2,(H,22,23,24). The van der Waals surface area contributed by atoms with Gasteiger partial charge in [-0.25, -0.2) is 4.90 Å². The van der Waals surface area contributed by atoms with Gasteiger partial charge in [-0.05, 0) is 36.4 Å². The Bertz CT molecular complexity index is 1110. The number of carbonyl (C=O) groups is 2. The van der Waals surface area contributed by atoms with Gasteiger partial charge in [0.25, 0.3) is 11.8 Å². The molecule has 3 aromatic rings. The Labute approximate surface area is 164 Å². The minimum atomic E-state index is -1.03. The second-order valence-corrected chi connectivity index (χ2v) is 7.36. The molecule has 0 atom stereocenters. The molecular weight excluding hydrogens is 382 g/mol. The summed E-state index contributed by atoms with van der Waals surface area (Å²) in [5.74, 6) is -0.374. The number of carbonyl (C=O) groups excluding carboxylic acids is 2. The number of piperidine rings is 1. The number of fused-ring (bicyclic) bond motifs is 2. The lowest BCUT2D eigenvalue weighted by Gasteiger charge is -2.47. The molecule has 3 heterocycles. The van der Waals surface area contributed by atoms with E-state index >= 15 is 0 Å². The van der Waals surface area contributed by atoms with Gasteiger partial charge in [0.15, 0.2) is 5.72 Å². The first-order valence-corrected chi connectivity index (χ1v) is 9.34. The molecule has 1 fully saturated rings. The number of H-pyrrole nitrogens is 1. The summed E-state index contributed by atoms with van der Waals surface area (Å²) in [4.78, 5) is 28.1. The van der Waals surface area contributed by atoms with Crippen LogP contribution in [0, 0.1) is 0 Å². The third-order valence-corrected chi connectivity index (χ3v) is 5.48. The number of amides is 2. The van der Waals surface area contributed by atoms with E-state index in [1.165, 1.54) is 11.0 Å². The molecule has 142 valence electrons. The van der Waals surface area contributed by atoms with Crippen LogP contribution in [0.15, 0.2) is 36.4 Å². The summed E-state index contributed by atoms with van der Waals surface area (Å²) in [6, 6.07) is 9.88. The van der Waals surface area contributed by atoms with E-state index in [0.717, 1.165) is 0 Å². The SMILES string of the molecule is O=C(c1ccc2nn[nH]c2c1)N1C(=O)c2cc(Cl)ccc2OC12CCNCC2. The van der Waals surface area contributed by atoms with Crippen LogP contribution >= 0.6 is 11.6 Å². The maximum Gasteiger partial charge on any atom is 0.267 e. The average Bonchev–Trinajstić information content (AvgIpc) is 3.17. The van der Waals surface area contributed by atoms with Crippen molar-refractivity contribution in [1.82, 2.24) is 25.6 Å². The fraction of sp³-hybridized carbons (Fsp3) is 0.263. The van der Waals surface area contributed by atoms with Crippen molar-refractivity contribution in [1.29, 1.82) is 0 Å². The van der Waals surface area contributed by atoms with Crippen molar-refractivity contribution in [3.63, 3.8) is 0 Å². The van der Waals surface area contributed by atoms with Crippen LogP contribution in [0.25, 0.3) is 11.0 Å². The molecule has 2 amide bonds. The van der Waals surface area contributed by atoms with Crippen LogP contribution in [-0.2, 0) is 0 Å². The van der Waals surface area contributed by atoms with E-state index in [2.05, 4.69) is 20.7 Å². The molecule has 28 heavy (non-hydrogen) atoms. The highest BCUT2D eigenvalue weighted by Gasteiger charge is 2.51. The first-order valence-electron chi connectivity index (χ1n) is 8.96. The Morgan fingerprint density at radius 1 is 1.18 bits per heavy atom. The fourth-order valence-electron chi connectivity index (χ4n) is 3.84. The zero-order valence-corrected chi connectivity index (χ0v) is 15.5. The second-order valence-electron chi connectivity index (χ2n) is 6.93. The van der Waals surface area contributed by atoms with Crippen LogP contribution in [0.1, 0.15) is 33.6 Å². The van der Waals surface area contributed by atoms with Gasteiger partial charge in [0.2, 0.25) is 0 Å². The highest BCUT2D eigenvalue weighted by Crippen LogP contribution is 2.40. The number of benzene rings is 2. The van der Waals surface area contributed by atoms with Crippen LogP contribution in [0.4, 0.5) is 0 Å². The number of halogens is 1. The molecule has 8 nitrogen and oxygen atoms in total. The second kappa shape index (κ2) is 6.29.